The monoisotopic (exact) mass is 390 g/mol. The first-order chi connectivity index (χ1) is 13.5. The van der Waals surface area contributed by atoms with Crippen molar-refractivity contribution < 1.29 is 14.6 Å². The van der Waals surface area contributed by atoms with Crippen molar-refractivity contribution in [1.82, 2.24) is 20.0 Å². The molecule has 1 aromatic heterocycles. The summed E-state index contributed by atoms with van der Waals surface area (Å²) < 4.78 is 13.1. The summed E-state index contributed by atoms with van der Waals surface area (Å²) in [6.45, 7) is 10.4. The maximum atomic E-state index is 10.2. The van der Waals surface area contributed by atoms with Crippen molar-refractivity contribution >= 4 is 0 Å². The molecule has 0 aliphatic rings. The molecule has 1 atom stereocenters. The summed E-state index contributed by atoms with van der Waals surface area (Å²) in [5.41, 5.74) is 3.44. The third-order valence-electron chi connectivity index (χ3n) is 5.00. The lowest BCUT2D eigenvalue weighted by atomic mass is 10.2. The van der Waals surface area contributed by atoms with Gasteiger partial charge in [0, 0.05) is 37.9 Å². The van der Waals surface area contributed by atoms with Crippen molar-refractivity contribution in [2.45, 2.75) is 40.0 Å². The number of methoxy groups -OCH3 is 1. The lowest BCUT2D eigenvalue weighted by molar-refractivity contribution is 0.0705. The van der Waals surface area contributed by atoms with Crippen LogP contribution in [0.4, 0.5) is 0 Å². The van der Waals surface area contributed by atoms with E-state index in [1.54, 1.807) is 7.11 Å². The van der Waals surface area contributed by atoms with Crippen LogP contribution in [0.15, 0.2) is 24.4 Å². The van der Waals surface area contributed by atoms with E-state index in [1.807, 2.05) is 36.1 Å². The SMILES string of the molecule is CCN(CC)C[C@H](O)COc1cc(CNCc2cnn(C)c2C)ccc1OC. The van der Waals surface area contributed by atoms with Crippen molar-refractivity contribution in [3.8, 4) is 11.5 Å². The largest absolute Gasteiger partial charge is 0.493 e. The molecular formula is C21H34N4O3. The molecule has 0 saturated heterocycles. The number of aromatic nitrogens is 2. The number of nitrogens with zero attached hydrogens (tertiary/aromatic N) is 3. The molecule has 0 amide bonds. The molecule has 2 N–H and O–H groups in total. The van der Waals surface area contributed by atoms with Crippen molar-refractivity contribution in [2.75, 3.05) is 33.4 Å². The van der Waals surface area contributed by atoms with Crippen LogP contribution in [0.2, 0.25) is 0 Å². The van der Waals surface area contributed by atoms with Gasteiger partial charge >= 0.3 is 0 Å². The van der Waals surface area contributed by atoms with E-state index in [0.29, 0.717) is 24.6 Å². The molecule has 0 saturated carbocycles. The number of rotatable bonds is 12. The smallest absolute Gasteiger partial charge is 0.161 e. The number of nitrogens with one attached hydrogen (secondary N) is 1. The Bertz CT molecular complexity index is 728. The molecule has 0 bridgehead atoms. The standard InChI is InChI=1S/C21H34N4O3/c1-6-25(7-2)14-19(26)15-28-21-10-17(8-9-20(21)27-5)11-22-12-18-13-23-24(4)16(18)3/h8-10,13,19,22,26H,6-7,11-12,14-15H2,1-5H3/t19-/m0/s1. The Morgan fingerprint density at radius 1 is 1.21 bits per heavy atom. The molecule has 0 fully saturated rings. The molecule has 0 unspecified atom stereocenters. The summed E-state index contributed by atoms with van der Waals surface area (Å²) in [4.78, 5) is 2.17. The van der Waals surface area contributed by atoms with Gasteiger partial charge in [0.15, 0.2) is 11.5 Å². The predicted octanol–water partition coefficient (Wildman–Crippen LogP) is 2.11. The number of aliphatic hydroxyl groups is 1. The van der Waals surface area contributed by atoms with E-state index in [2.05, 4.69) is 36.1 Å². The van der Waals surface area contributed by atoms with E-state index < -0.39 is 6.10 Å². The molecule has 0 aliphatic carbocycles. The number of hydrogen-bond donors (Lipinski definition) is 2. The zero-order valence-corrected chi connectivity index (χ0v) is 17.7. The van der Waals surface area contributed by atoms with Gasteiger partial charge in [-0.3, -0.25) is 4.68 Å². The van der Waals surface area contributed by atoms with E-state index in [-0.39, 0.29) is 6.61 Å². The normalized spacial score (nSPS) is 12.4. The number of benzene rings is 1. The molecule has 0 radical (unpaired) electrons. The Balaban J connectivity index is 1.92. The van der Waals surface area contributed by atoms with E-state index in [4.69, 9.17) is 9.47 Å². The van der Waals surface area contributed by atoms with Crippen molar-refractivity contribution in [2.24, 2.45) is 7.05 Å². The number of likely N-dealkylation sites (N-methyl/N-ethyl adjacent to an activating group) is 1. The minimum atomic E-state index is -0.542. The van der Waals surface area contributed by atoms with E-state index >= 15 is 0 Å². The first-order valence-corrected chi connectivity index (χ1v) is 9.86. The van der Waals surface area contributed by atoms with E-state index in [1.165, 1.54) is 5.56 Å². The molecule has 1 heterocycles. The zero-order valence-electron chi connectivity index (χ0n) is 17.7. The first-order valence-electron chi connectivity index (χ1n) is 9.86. The third-order valence-corrected chi connectivity index (χ3v) is 5.00. The van der Waals surface area contributed by atoms with Gasteiger partial charge < -0.3 is 24.8 Å². The van der Waals surface area contributed by atoms with E-state index in [9.17, 15) is 5.11 Å². The van der Waals surface area contributed by atoms with E-state index in [0.717, 1.165) is 30.9 Å². The van der Waals surface area contributed by atoms with Crippen LogP contribution in [-0.2, 0) is 20.1 Å². The van der Waals surface area contributed by atoms with Crippen LogP contribution < -0.4 is 14.8 Å². The molecular weight excluding hydrogens is 356 g/mol. The molecule has 2 aromatic rings. The molecule has 2 rings (SSSR count). The second-order valence-corrected chi connectivity index (χ2v) is 6.92. The van der Waals surface area contributed by atoms with Crippen molar-refractivity contribution in [3.63, 3.8) is 0 Å². The second kappa shape index (κ2) is 11.0. The molecule has 156 valence electrons. The van der Waals surface area contributed by atoms with Crippen LogP contribution in [0.25, 0.3) is 0 Å². The maximum Gasteiger partial charge on any atom is 0.161 e. The van der Waals surface area contributed by atoms with Crippen LogP contribution in [-0.4, -0.2) is 59.2 Å². The van der Waals surface area contributed by atoms with Crippen LogP contribution >= 0.6 is 0 Å². The van der Waals surface area contributed by atoms with Gasteiger partial charge in [0.1, 0.15) is 12.7 Å². The molecule has 28 heavy (non-hydrogen) atoms. The van der Waals surface area contributed by atoms with Gasteiger partial charge in [0.25, 0.3) is 0 Å². The molecule has 7 nitrogen and oxygen atoms in total. The highest BCUT2D eigenvalue weighted by Gasteiger charge is 2.12. The lowest BCUT2D eigenvalue weighted by Gasteiger charge is -2.22. The van der Waals surface area contributed by atoms with Crippen LogP contribution in [0.3, 0.4) is 0 Å². The Morgan fingerprint density at radius 2 is 1.96 bits per heavy atom. The average molecular weight is 391 g/mol. The summed E-state index contributed by atoms with van der Waals surface area (Å²) in [6.07, 6.45) is 1.35. The molecule has 7 heteroatoms. The average Bonchev–Trinajstić information content (AvgIpc) is 3.02. The number of aliphatic hydroxyl groups excluding tert-OH is 1. The summed E-state index contributed by atoms with van der Waals surface area (Å²) in [5, 5.41) is 17.9. The number of ether oxygens (including phenoxy) is 2. The maximum absolute atomic E-state index is 10.2. The second-order valence-electron chi connectivity index (χ2n) is 6.92. The molecule has 0 spiro atoms. The first kappa shape index (κ1) is 22.2. The Labute approximate surface area is 168 Å². The summed E-state index contributed by atoms with van der Waals surface area (Å²) in [6, 6.07) is 5.88. The minimum absolute atomic E-state index is 0.235. The zero-order chi connectivity index (χ0) is 20.5. The summed E-state index contributed by atoms with van der Waals surface area (Å²) >= 11 is 0. The molecule has 1 aromatic carbocycles. The van der Waals surface area contributed by atoms with Crippen LogP contribution in [0.5, 0.6) is 11.5 Å². The minimum Gasteiger partial charge on any atom is -0.493 e. The lowest BCUT2D eigenvalue weighted by Crippen LogP contribution is -2.35. The van der Waals surface area contributed by atoms with Crippen LogP contribution in [0, 0.1) is 6.92 Å². The Morgan fingerprint density at radius 3 is 2.57 bits per heavy atom. The van der Waals surface area contributed by atoms with Gasteiger partial charge in [-0.25, -0.2) is 0 Å². The van der Waals surface area contributed by atoms with Crippen LogP contribution in [0.1, 0.15) is 30.7 Å². The fourth-order valence-corrected chi connectivity index (χ4v) is 3.02. The highest BCUT2D eigenvalue weighted by Crippen LogP contribution is 2.28. The Hall–Kier alpha value is -2.09. The Kier molecular flexibility index (Phi) is 8.76. The third kappa shape index (κ3) is 6.22. The van der Waals surface area contributed by atoms with Crippen molar-refractivity contribution in [1.29, 1.82) is 0 Å². The summed E-state index contributed by atoms with van der Waals surface area (Å²) in [5.74, 6) is 1.32. The van der Waals surface area contributed by atoms with Gasteiger partial charge in [-0.15, -0.1) is 0 Å². The topological polar surface area (TPSA) is 71.8 Å². The van der Waals surface area contributed by atoms with Gasteiger partial charge in [0.2, 0.25) is 0 Å². The highest BCUT2D eigenvalue weighted by atomic mass is 16.5. The fourth-order valence-electron chi connectivity index (χ4n) is 3.02. The number of aryl methyl sites for hydroxylation is 1. The molecule has 0 aliphatic heterocycles. The predicted molar refractivity (Wildman–Crippen MR) is 111 cm³/mol. The van der Waals surface area contributed by atoms with Gasteiger partial charge in [-0.05, 0) is 37.7 Å². The summed E-state index contributed by atoms with van der Waals surface area (Å²) in [7, 11) is 3.57. The van der Waals surface area contributed by atoms with Gasteiger partial charge in [0.05, 0.1) is 13.3 Å². The number of hydrogen-bond acceptors (Lipinski definition) is 6. The van der Waals surface area contributed by atoms with Gasteiger partial charge in [-0.1, -0.05) is 19.9 Å². The fraction of sp³-hybridized carbons (Fsp3) is 0.571. The highest BCUT2D eigenvalue weighted by molar-refractivity contribution is 5.43. The van der Waals surface area contributed by atoms with Crippen molar-refractivity contribution in [3.05, 3.63) is 41.2 Å². The van der Waals surface area contributed by atoms with Gasteiger partial charge in [-0.2, -0.15) is 5.10 Å². The quantitative estimate of drug-likeness (QED) is 0.578.